The van der Waals surface area contributed by atoms with Crippen molar-refractivity contribution in [1.29, 1.82) is 0 Å². The fraction of sp³-hybridized carbons (Fsp3) is 0.500. The quantitative estimate of drug-likeness (QED) is 0.887. The molecule has 1 aliphatic rings. The Balaban J connectivity index is 2.33. The Morgan fingerprint density at radius 3 is 2.79 bits per heavy atom. The van der Waals surface area contributed by atoms with E-state index in [0.29, 0.717) is 10.0 Å². The zero-order valence-corrected chi connectivity index (χ0v) is 13.8. The fourth-order valence-electron chi connectivity index (χ4n) is 2.01. The van der Waals surface area contributed by atoms with Gasteiger partial charge in [0.2, 0.25) is 10.0 Å². The summed E-state index contributed by atoms with van der Waals surface area (Å²) in [4.78, 5) is 0.254. The van der Waals surface area contributed by atoms with Crippen LogP contribution in [0, 0.1) is 0 Å². The Bertz CT molecular complexity index is 556. The highest BCUT2D eigenvalue weighted by molar-refractivity contribution is 9.10. The molecule has 1 saturated heterocycles. The average molecular weight is 366 g/mol. The van der Waals surface area contributed by atoms with Gasteiger partial charge in [-0.25, -0.2) is 8.42 Å². The summed E-state index contributed by atoms with van der Waals surface area (Å²) in [5.74, 6) is 1.86. The van der Waals surface area contributed by atoms with Gasteiger partial charge in [-0.15, -0.1) is 0 Å². The average Bonchev–Trinajstić information content (AvgIpc) is 2.90. The summed E-state index contributed by atoms with van der Waals surface area (Å²) in [6.45, 7) is -0.103. The summed E-state index contributed by atoms with van der Waals surface area (Å²) < 4.78 is 27.1. The van der Waals surface area contributed by atoms with Crippen LogP contribution in [0.15, 0.2) is 27.6 Å². The predicted octanol–water partition coefficient (Wildman–Crippen LogP) is 2.07. The van der Waals surface area contributed by atoms with Gasteiger partial charge in [-0.3, -0.25) is 0 Å². The molecule has 1 unspecified atom stereocenters. The lowest BCUT2D eigenvalue weighted by Gasteiger charge is -2.23. The molecule has 1 atom stereocenters. The van der Waals surface area contributed by atoms with Crippen molar-refractivity contribution in [2.75, 3.05) is 18.6 Å². The normalized spacial score (nSPS) is 20.1. The van der Waals surface area contributed by atoms with Crippen LogP contribution in [0.3, 0.4) is 0 Å². The first kappa shape index (κ1) is 15.3. The van der Waals surface area contributed by atoms with Gasteiger partial charge in [0, 0.05) is 23.3 Å². The van der Waals surface area contributed by atoms with E-state index >= 15 is 0 Å². The SMILES string of the molecule is CN(C1CCSC1)S(=O)(=O)c1ccc(CO)cc1Br. The molecular formula is C12H16BrNO3S2. The standard InChI is InChI=1S/C12H16BrNO3S2/c1-14(10-4-5-18-8-10)19(16,17)12-3-2-9(7-15)6-11(12)13/h2-3,6,10,15H,4-5,7-8H2,1H3. The van der Waals surface area contributed by atoms with Gasteiger partial charge in [-0.1, -0.05) is 6.07 Å². The van der Waals surface area contributed by atoms with Crippen molar-refractivity contribution in [3.63, 3.8) is 0 Å². The molecule has 0 amide bonds. The van der Waals surface area contributed by atoms with Crippen LogP contribution in [0.4, 0.5) is 0 Å². The van der Waals surface area contributed by atoms with Crippen LogP contribution in [0.1, 0.15) is 12.0 Å². The Kier molecular flexibility index (Phi) is 4.94. The minimum Gasteiger partial charge on any atom is -0.392 e. The number of thioether (sulfide) groups is 1. The van der Waals surface area contributed by atoms with Crippen molar-refractivity contribution in [3.8, 4) is 0 Å². The molecular weight excluding hydrogens is 350 g/mol. The molecule has 106 valence electrons. The first-order valence-electron chi connectivity index (χ1n) is 5.92. The van der Waals surface area contributed by atoms with E-state index in [4.69, 9.17) is 5.11 Å². The van der Waals surface area contributed by atoms with Crippen LogP contribution in [-0.4, -0.2) is 42.4 Å². The number of aliphatic hydroxyl groups is 1. The number of hydrogen-bond donors (Lipinski definition) is 1. The van der Waals surface area contributed by atoms with Gasteiger partial charge >= 0.3 is 0 Å². The number of benzene rings is 1. The molecule has 0 saturated carbocycles. The van der Waals surface area contributed by atoms with E-state index in [1.807, 2.05) is 0 Å². The molecule has 1 aromatic carbocycles. The van der Waals surface area contributed by atoms with E-state index in [0.717, 1.165) is 17.9 Å². The van der Waals surface area contributed by atoms with Crippen molar-refractivity contribution in [1.82, 2.24) is 4.31 Å². The minimum absolute atomic E-state index is 0.0689. The highest BCUT2D eigenvalue weighted by Crippen LogP contribution is 2.30. The minimum atomic E-state index is -3.49. The molecule has 1 heterocycles. The van der Waals surface area contributed by atoms with Crippen molar-refractivity contribution in [2.24, 2.45) is 0 Å². The van der Waals surface area contributed by atoms with Crippen LogP contribution in [0.2, 0.25) is 0 Å². The molecule has 4 nitrogen and oxygen atoms in total. The Labute approximate surface area is 126 Å². The van der Waals surface area contributed by atoms with E-state index < -0.39 is 10.0 Å². The summed E-state index contributed by atoms with van der Waals surface area (Å²) in [5, 5.41) is 9.05. The summed E-state index contributed by atoms with van der Waals surface area (Å²) in [5.41, 5.74) is 0.685. The van der Waals surface area contributed by atoms with Crippen LogP contribution < -0.4 is 0 Å². The Morgan fingerprint density at radius 1 is 1.53 bits per heavy atom. The molecule has 0 spiro atoms. The van der Waals surface area contributed by atoms with Gasteiger partial charge < -0.3 is 5.11 Å². The van der Waals surface area contributed by atoms with E-state index in [-0.39, 0.29) is 17.5 Å². The maximum atomic E-state index is 12.6. The lowest BCUT2D eigenvalue weighted by atomic mass is 10.2. The van der Waals surface area contributed by atoms with E-state index in [9.17, 15) is 8.42 Å². The Morgan fingerprint density at radius 2 is 2.26 bits per heavy atom. The molecule has 0 radical (unpaired) electrons. The lowest BCUT2D eigenvalue weighted by Crippen LogP contribution is -2.37. The smallest absolute Gasteiger partial charge is 0.244 e. The van der Waals surface area contributed by atoms with E-state index in [1.54, 1.807) is 37.0 Å². The first-order chi connectivity index (χ1) is 8.96. The highest BCUT2D eigenvalue weighted by atomic mass is 79.9. The molecule has 0 aromatic heterocycles. The van der Waals surface area contributed by atoms with Crippen LogP contribution in [-0.2, 0) is 16.6 Å². The number of nitrogens with zero attached hydrogens (tertiary/aromatic N) is 1. The largest absolute Gasteiger partial charge is 0.392 e. The zero-order chi connectivity index (χ0) is 14.0. The summed E-state index contributed by atoms with van der Waals surface area (Å²) >= 11 is 5.06. The highest BCUT2D eigenvalue weighted by Gasteiger charge is 2.31. The van der Waals surface area contributed by atoms with Crippen molar-refractivity contribution in [2.45, 2.75) is 24.0 Å². The van der Waals surface area contributed by atoms with E-state index in [1.165, 1.54) is 4.31 Å². The third kappa shape index (κ3) is 3.16. The van der Waals surface area contributed by atoms with Gasteiger partial charge in [-0.05, 0) is 45.8 Å². The maximum absolute atomic E-state index is 12.6. The summed E-state index contributed by atoms with van der Waals surface area (Å²) in [7, 11) is -1.85. The van der Waals surface area contributed by atoms with Crippen molar-refractivity contribution >= 4 is 37.7 Å². The first-order valence-corrected chi connectivity index (χ1v) is 9.30. The van der Waals surface area contributed by atoms with Gasteiger partial charge in [0.05, 0.1) is 11.5 Å². The molecule has 0 aliphatic carbocycles. The van der Waals surface area contributed by atoms with Crippen LogP contribution in [0.25, 0.3) is 0 Å². The van der Waals surface area contributed by atoms with Gasteiger partial charge in [0.1, 0.15) is 0 Å². The Hall–Kier alpha value is -0.0800. The maximum Gasteiger partial charge on any atom is 0.244 e. The predicted molar refractivity (Wildman–Crippen MR) is 80.7 cm³/mol. The number of aliphatic hydroxyl groups excluding tert-OH is 1. The molecule has 1 aromatic rings. The number of halogens is 1. The van der Waals surface area contributed by atoms with Crippen LogP contribution in [0.5, 0.6) is 0 Å². The fourth-order valence-corrected chi connectivity index (χ4v) is 5.84. The number of hydrogen-bond acceptors (Lipinski definition) is 4. The number of rotatable bonds is 4. The van der Waals surface area contributed by atoms with Gasteiger partial charge in [0.15, 0.2) is 0 Å². The molecule has 1 fully saturated rings. The topological polar surface area (TPSA) is 57.6 Å². The third-order valence-corrected chi connectivity index (χ3v) is 7.29. The zero-order valence-electron chi connectivity index (χ0n) is 10.5. The second-order valence-corrected chi connectivity index (χ2v) is 8.43. The second-order valence-electron chi connectivity index (χ2n) is 4.46. The molecule has 7 heteroatoms. The summed E-state index contributed by atoms with van der Waals surface area (Å²) in [6.07, 6.45) is 0.896. The third-order valence-electron chi connectivity index (χ3n) is 3.26. The number of sulfonamides is 1. The monoisotopic (exact) mass is 365 g/mol. The van der Waals surface area contributed by atoms with Crippen molar-refractivity contribution in [3.05, 3.63) is 28.2 Å². The second kappa shape index (κ2) is 6.13. The molecule has 1 N–H and O–H groups in total. The van der Waals surface area contributed by atoms with Crippen LogP contribution >= 0.6 is 27.7 Å². The molecule has 1 aliphatic heterocycles. The molecule has 2 rings (SSSR count). The molecule has 0 bridgehead atoms. The van der Waals surface area contributed by atoms with Gasteiger partial charge in [0.25, 0.3) is 0 Å². The van der Waals surface area contributed by atoms with E-state index in [2.05, 4.69) is 15.9 Å². The summed E-state index contributed by atoms with van der Waals surface area (Å²) in [6, 6.07) is 4.89. The van der Waals surface area contributed by atoms with Gasteiger partial charge in [-0.2, -0.15) is 16.1 Å². The lowest BCUT2D eigenvalue weighted by molar-refractivity contribution is 0.281. The molecule has 19 heavy (non-hydrogen) atoms. The van der Waals surface area contributed by atoms with Crippen molar-refractivity contribution < 1.29 is 13.5 Å².